The van der Waals surface area contributed by atoms with Crippen LogP contribution in [0.3, 0.4) is 0 Å². The highest BCUT2D eigenvalue weighted by atomic mass is 32.1. The van der Waals surface area contributed by atoms with Crippen LogP contribution in [0.2, 0.25) is 0 Å². The number of fused-ring (bicyclic) bond motifs is 2. The maximum absolute atomic E-state index is 11.4. The van der Waals surface area contributed by atoms with Gasteiger partial charge in [0.05, 0.1) is 23.6 Å². The molecule has 6 heteroatoms. The number of hydrogen-bond donors (Lipinski definition) is 0. The van der Waals surface area contributed by atoms with E-state index in [1.54, 1.807) is 18.3 Å². The Morgan fingerprint density at radius 2 is 1.97 bits per heavy atom. The van der Waals surface area contributed by atoms with Crippen molar-refractivity contribution in [3.05, 3.63) is 64.1 Å². The lowest BCUT2D eigenvalue weighted by Gasteiger charge is -2.27. The molecule has 2 aromatic heterocycles. The second-order valence-electron chi connectivity index (χ2n) is 8.50. The molecule has 5 rings (SSSR count). The zero-order chi connectivity index (χ0) is 21.4. The number of benzene rings is 1. The van der Waals surface area contributed by atoms with Gasteiger partial charge >= 0.3 is 0 Å². The number of hydrogen-bond acceptors (Lipinski definition) is 6. The standard InChI is InChI=1S/C25H27N3O2S/c1-16(29)11-25-27-15-24(31-25)20-4-3-18-5-8-28(9-6-19(18)12-20)17(2)21-13-23-22(26-14-21)7-10-30-23/h3-4,12-15,17H,5-11H2,1-2H3. The molecule has 5 nitrogen and oxygen atoms in total. The molecule has 0 bridgehead atoms. The van der Waals surface area contributed by atoms with E-state index in [1.165, 1.54) is 22.3 Å². The summed E-state index contributed by atoms with van der Waals surface area (Å²) in [5, 5.41) is 0.893. The van der Waals surface area contributed by atoms with E-state index >= 15 is 0 Å². The van der Waals surface area contributed by atoms with Crippen LogP contribution in [-0.4, -0.2) is 40.3 Å². The molecule has 31 heavy (non-hydrogen) atoms. The number of ketones is 1. The fourth-order valence-corrected chi connectivity index (χ4v) is 5.50. The fraction of sp³-hybridized carbons (Fsp3) is 0.400. The van der Waals surface area contributed by atoms with Crippen LogP contribution in [0, 0.1) is 0 Å². The van der Waals surface area contributed by atoms with Gasteiger partial charge in [-0.05, 0) is 61.1 Å². The smallest absolute Gasteiger partial charge is 0.141 e. The molecule has 1 aromatic carbocycles. The van der Waals surface area contributed by atoms with E-state index < -0.39 is 0 Å². The monoisotopic (exact) mass is 433 g/mol. The predicted octanol–water partition coefficient (Wildman–Crippen LogP) is 4.43. The summed E-state index contributed by atoms with van der Waals surface area (Å²) in [5.74, 6) is 1.11. The third-order valence-corrected chi connectivity index (χ3v) is 7.41. The number of rotatable bonds is 5. The lowest BCUT2D eigenvalue weighted by molar-refractivity contribution is -0.116. The van der Waals surface area contributed by atoms with E-state index in [9.17, 15) is 4.79 Å². The number of carbonyl (C=O) groups is 1. The quantitative estimate of drug-likeness (QED) is 0.596. The Morgan fingerprint density at radius 3 is 2.81 bits per heavy atom. The topological polar surface area (TPSA) is 55.3 Å². The van der Waals surface area contributed by atoms with Gasteiger partial charge in [-0.25, -0.2) is 4.98 Å². The molecule has 160 valence electrons. The van der Waals surface area contributed by atoms with Crippen LogP contribution in [-0.2, 0) is 30.5 Å². The van der Waals surface area contributed by atoms with Crippen LogP contribution in [0.15, 0.2) is 36.7 Å². The molecule has 0 aliphatic carbocycles. The molecular formula is C25H27N3O2S. The molecule has 1 atom stereocenters. The molecule has 0 saturated carbocycles. The second-order valence-corrected chi connectivity index (χ2v) is 9.62. The third kappa shape index (κ3) is 4.27. The van der Waals surface area contributed by atoms with E-state index in [0.717, 1.165) is 60.3 Å². The molecule has 1 unspecified atom stereocenters. The normalized spacial score (nSPS) is 16.8. The maximum atomic E-state index is 11.4. The van der Waals surface area contributed by atoms with Crippen molar-refractivity contribution in [3.8, 4) is 16.2 Å². The lowest BCUT2D eigenvalue weighted by atomic mass is 10.00. The van der Waals surface area contributed by atoms with E-state index in [2.05, 4.69) is 46.1 Å². The Balaban J connectivity index is 1.31. The summed E-state index contributed by atoms with van der Waals surface area (Å²) in [6.45, 7) is 6.69. The largest absolute Gasteiger partial charge is 0.491 e. The van der Waals surface area contributed by atoms with Gasteiger partial charge in [-0.1, -0.05) is 12.1 Å². The number of nitrogens with zero attached hydrogens (tertiary/aromatic N) is 3. The van der Waals surface area contributed by atoms with Crippen molar-refractivity contribution in [1.29, 1.82) is 0 Å². The van der Waals surface area contributed by atoms with E-state index in [0.29, 0.717) is 12.5 Å². The molecule has 0 fully saturated rings. The first-order chi connectivity index (χ1) is 15.1. The van der Waals surface area contributed by atoms with Crippen LogP contribution < -0.4 is 4.74 Å². The first-order valence-electron chi connectivity index (χ1n) is 11.0. The van der Waals surface area contributed by atoms with Gasteiger partial charge in [-0.2, -0.15) is 0 Å². The van der Waals surface area contributed by atoms with Gasteiger partial charge in [0.15, 0.2) is 0 Å². The fourth-order valence-electron chi connectivity index (χ4n) is 4.52. The van der Waals surface area contributed by atoms with Crippen molar-refractivity contribution in [1.82, 2.24) is 14.9 Å². The van der Waals surface area contributed by atoms with Gasteiger partial charge in [0, 0.05) is 37.9 Å². The molecular weight excluding hydrogens is 406 g/mol. The van der Waals surface area contributed by atoms with Crippen molar-refractivity contribution in [2.75, 3.05) is 19.7 Å². The Bertz CT molecular complexity index is 1120. The van der Waals surface area contributed by atoms with Gasteiger partial charge in [-0.15, -0.1) is 11.3 Å². The van der Waals surface area contributed by atoms with Crippen LogP contribution in [0.25, 0.3) is 10.4 Å². The third-order valence-electron chi connectivity index (χ3n) is 6.36. The molecule has 0 spiro atoms. The van der Waals surface area contributed by atoms with Crippen molar-refractivity contribution in [2.45, 2.75) is 45.6 Å². The second kappa shape index (κ2) is 8.52. The molecule has 0 radical (unpaired) electrons. The Morgan fingerprint density at radius 1 is 1.13 bits per heavy atom. The van der Waals surface area contributed by atoms with Crippen LogP contribution in [0.4, 0.5) is 0 Å². The minimum Gasteiger partial charge on any atom is -0.491 e. The highest BCUT2D eigenvalue weighted by Gasteiger charge is 2.23. The SMILES string of the molecule is CC(=O)Cc1ncc(-c2ccc3c(c2)CCN(C(C)c2cnc4c(c2)OCC4)CC3)s1. The van der Waals surface area contributed by atoms with Gasteiger partial charge in [0.2, 0.25) is 0 Å². The number of aromatic nitrogens is 2. The highest BCUT2D eigenvalue weighted by molar-refractivity contribution is 7.15. The summed E-state index contributed by atoms with van der Waals surface area (Å²) in [5.41, 5.74) is 6.37. The zero-order valence-electron chi connectivity index (χ0n) is 18.1. The summed E-state index contributed by atoms with van der Waals surface area (Å²) < 4.78 is 5.73. The first kappa shape index (κ1) is 20.3. The maximum Gasteiger partial charge on any atom is 0.141 e. The predicted molar refractivity (Wildman–Crippen MR) is 123 cm³/mol. The Labute approximate surface area is 187 Å². The summed E-state index contributed by atoms with van der Waals surface area (Å²) >= 11 is 1.62. The summed E-state index contributed by atoms with van der Waals surface area (Å²) in [6.07, 6.45) is 7.34. The van der Waals surface area contributed by atoms with Gasteiger partial charge in [-0.3, -0.25) is 14.7 Å². The molecule has 3 aromatic rings. The number of Topliss-reactive ketones (excluding diaryl/α,β-unsaturated/α-hetero) is 1. The molecule has 2 aliphatic heterocycles. The Kier molecular flexibility index (Phi) is 5.59. The summed E-state index contributed by atoms with van der Waals surface area (Å²) in [6, 6.07) is 9.28. The summed E-state index contributed by atoms with van der Waals surface area (Å²) in [7, 11) is 0. The van der Waals surface area contributed by atoms with Crippen LogP contribution >= 0.6 is 11.3 Å². The first-order valence-corrected chi connectivity index (χ1v) is 11.8. The van der Waals surface area contributed by atoms with Crippen molar-refractivity contribution in [3.63, 3.8) is 0 Å². The van der Waals surface area contributed by atoms with E-state index in [4.69, 9.17) is 4.74 Å². The number of carbonyl (C=O) groups excluding carboxylic acids is 1. The number of pyridine rings is 1. The van der Waals surface area contributed by atoms with Gasteiger partial charge in [0.25, 0.3) is 0 Å². The molecule has 0 amide bonds. The van der Waals surface area contributed by atoms with E-state index in [1.807, 2.05) is 12.4 Å². The molecule has 2 aliphatic rings. The molecule has 0 N–H and O–H groups in total. The van der Waals surface area contributed by atoms with Gasteiger partial charge in [0.1, 0.15) is 16.5 Å². The van der Waals surface area contributed by atoms with E-state index in [-0.39, 0.29) is 5.78 Å². The van der Waals surface area contributed by atoms with Crippen LogP contribution in [0.1, 0.15) is 47.3 Å². The average Bonchev–Trinajstić information content (AvgIpc) is 3.37. The zero-order valence-corrected chi connectivity index (χ0v) is 18.9. The molecule has 4 heterocycles. The molecule has 0 saturated heterocycles. The minimum atomic E-state index is 0.155. The van der Waals surface area contributed by atoms with Crippen molar-refractivity contribution in [2.24, 2.45) is 0 Å². The average molecular weight is 434 g/mol. The number of ether oxygens (including phenoxy) is 1. The van der Waals surface area contributed by atoms with Gasteiger partial charge < -0.3 is 4.74 Å². The lowest BCUT2D eigenvalue weighted by Crippen LogP contribution is -2.29. The van der Waals surface area contributed by atoms with Crippen molar-refractivity contribution >= 4 is 17.1 Å². The summed E-state index contributed by atoms with van der Waals surface area (Å²) in [4.78, 5) is 24.1. The van der Waals surface area contributed by atoms with Crippen LogP contribution in [0.5, 0.6) is 5.75 Å². The van der Waals surface area contributed by atoms with Crippen molar-refractivity contribution < 1.29 is 9.53 Å². The Hall–Kier alpha value is -2.57. The minimum absolute atomic E-state index is 0.155. The number of thiazole rings is 1. The highest BCUT2D eigenvalue weighted by Crippen LogP contribution is 2.32.